The van der Waals surface area contributed by atoms with Crippen molar-refractivity contribution in [1.82, 2.24) is 10.3 Å². The number of pyridine rings is 1. The molecule has 7 nitrogen and oxygen atoms in total. The largest absolute Gasteiger partial charge is 0.466 e. The summed E-state index contributed by atoms with van der Waals surface area (Å²) in [5.41, 5.74) is 1.10. The van der Waals surface area contributed by atoms with Crippen LogP contribution in [0.15, 0.2) is 48.5 Å². The first kappa shape index (κ1) is 21.2. The van der Waals surface area contributed by atoms with E-state index in [0.717, 1.165) is 11.3 Å². The van der Waals surface area contributed by atoms with Crippen LogP contribution >= 0.6 is 0 Å². The summed E-state index contributed by atoms with van der Waals surface area (Å²) in [6.45, 7) is 5.77. The quantitative estimate of drug-likeness (QED) is 0.701. The third-order valence-corrected chi connectivity index (χ3v) is 3.41. The van der Waals surface area contributed by atoms with Gasteiger partial charge in [0.25, 0.3) is 0 Å². The summed E-state index contributed by atoms with van der Waals surface area (Å²) in [5, 5.41) is 2.67. The molecule has 1 amide bonds. The Morgan fingerprint density at radius 1 is 1.04 bits per heavy atom. The minimum Gasteiger partial charge on any atom is -0.466 e. The zero-order valence-corrected chi connectivity index (χ0v) is 16.4. The Kier molecular flexibility index (Phi) is 7.80. The van der Waals surface area contributed by atoms with E-state index in [4.69, 9.17) is 14.2 Å². The van der Waals surface area contributed by atoms with Crippen molar-refractivity contribution in [2.45, 2.75) is 39.4 Å². The van der Waals surface area contributed by atoms with Gasteiger partial charge in [-0.2, -0.15) is 0 Å². The van der Waals surface area contributed by atoms with Gasteiger partial charge in [0.05, 0.1) is 0 Å². The SMILES string of the molecule is CC(C)(C)OC(=O)NCCc1cccc(OCC(=O)OCc2ccccc2)n1. The topological polar surface area (TPSA) is 86.8 Å². The number of carbonyl (C=O) groups is 2. The molecule has 0 spiro atoms. The van der Waals surface area contributed by atoms with Crippen molar-refractivity contribution in [2.24, 2.45) is 0 Å². The molecule has 1 heterocycles. The third-order valence-electron chi connectivity index (χ3n) is 3.41. The highest BCUT2D eigenvalue weighted by atomic mass is 16.6. The molecule has 0 atom stereocenters. The zero-order chi connectivity index (χ0) is 20.4. The maximum atomic E-state index is 11.8. The van der Waals surface area contributed by atoms with Gasteiger partial charge in [-0.3, -0.25) is 0 Å². The van der Waals surface area contributed by atoms with Gasteiger partial charge in [-0.05, 0) is 32.4 Å². The minimum atomic E-state index is -0.536. The standard InChI is InChI=1S/C21H26N2O5/c1-21(2,3)28-20(25)22-13-12-17-10-7-11-18(23-17)26-15-19(24)27-14-16-8-5-4-6-9-16/h4-11H,12-15H2,1-3H3,(H,22,25). The highest BCUT2D eigenvalue weighted by Gasteiger charge is 2.15. The fourth-order valence-corrected chi connectivity index (χ4v) is 2.20. The molecule has 0 aliphatic carbocycles. The lowest BCUT2D eigenvalue weighted by atomic mass is 10.2. The van der Waals surface area contributed by atoms with Gasteiger partial charge in [0, 0.05) is 24.7 Å². The molecule has 0 aliphatic rings. The zero-order valence-electron chi connectivity index (χ0n) is 16.4. The van der Waals surface area contributed by atoms with Crippen molar-refractivity contribution in [2.75, 3.05) is 13.2 Å². The lowest BCUT2D eigenvalue weighted by molar-refractivity contribution is -0.147. The molecule has 0 saturated carbocycles. The van der Waals surface area contributed by atoms with Crippen LogP contribution in [0.5, 0.6) is 5.88 Å². The first-order valence-corrected chi connectivity index (χ1v) is 9.07. The first-order valence-electron chi connectivity index (χ1n) is 9.07. The smallest absolute Gasteiger partial charge is 0.407 e. The van der Waals surface area contributed by atoms with Gasteiger partial charge in [0.2, 0.25) is 5.88 Å². The third kappa shape index (κ3) is 8.53. The highest BCUT2D eigenvalue weighted by Crippen LogP contribution is 2.09. The Morgan fingerprint density at radius 2 is 1.79 bits per heavy atom. The van der Waals surface area contributed by atoms with Crippen molar-refractivity contribution in [3.8, 4) is 5.88 Å². The van der Waals surface area contributed by atoms with Crippen molar-refractivity contribution in [3.05, 3.63) is 59.8 Å². The van der Waals surface area contributed by atoms with Crippen LogP contribution in [0.2, 0.25) is 0 Å². The number of amides is 1. The van der Waals surface area contributed by atoms with Gasteiger partial charge in [-0.25, -0.2) is 14.6 Å². The Labute approximate surface area is 165 Å². The molecule has 2 rings (SSSR count). The summed E-state index contributed by atoms with van der Waals surface area (Å²) in [6, 6.07) is 14.7. The van der Waals surface area contributed by atoms with E-state index in [1.54, 1.807) is 32.9 Å². The number of carbonyl (C=O) groups excluding carboxylic acids is 2. The fraction of sp³-hybridized carbons (Fsp3) is 0.381. The van der Waals surface area contributed by atoms with Crippen LogP contribution in [0.25, 0.3) is 0 Å². The van der Waals surface area contributed by atoms with E-state index in [2.05, 4.69) is 10.3 Å². The number of nitrogens with zero attached hydrogens (tertiary/aromatic N) is 1. The van der Waals surface area contributed by atoms with E-state index in [9.17, 15) is 9.59 Å². The molecule has 0 bridgehead atoms. The molecule has 0 saturated heterocycles. The van der Waals surface area contributed by atoms with Crippen LogP contribution in [0.1, 0.15) is 32.0 Å². The first-order chi connectivity index (χ1) is 13.3. The predicted octanol–water partition coefficient (Wildman–Crippen LogP) is 3.27. The molecule has 0 fully saturated rings. The van der Waals surface area contributed by atoms with Crippen LogP contribution < -0.4 is 10.1 Å². The average Bonchev–Trinajstić information content (AvgIpc) is 2.64. The van der Waals surface area contributed by atoms with Crippen molar-refractivity contribution < 1.29 is 23.8 Å². The van der Waals surface area contributed by atoms with Crippen LogP contribution in [0.3, 0.4) is 0 Å². The minimum absolute atomic E-state index is 0.201. The normalized spacial score (nSPS) is 10.8. The van der Waals surface area contributed by atoms with E-state index in [-0.39, 0.29) is 13.2 Å². The Hall–Kier alpha value is -3.09. The number of rotatable bonds is 8. The number of hydrogen-bond donors (Lipinski definition) is 1. The number of ether oxygens (including phenoxy) is 3. The molecule has 0 radical (unpaired) electrons. The van der Waals surface area contributed by atoms with Gasteiger partial charge in [-0.15, -0.1) is 0 Å². The summed E-state index contributed by atoms with van der Waals surface area (Å²) < 4.78 is 15.7. The van der Waals surface area contributed by atoms with Crippen molar-refractivity contribution >= 4 is 12.1 Å². The number of benzene rings is 1. The highest BCUT2D eigenvalue weighted by molar-refractivity contribution is 5.71. The van der Waals surface area contributed by atoms with Gasteiger partial charge in [0.1, 0.15) is 12.2 Å². The Balaban J connectivity index is 1.72. The molecule has 1 aromatic heterocycles. The second-order valence-electron chi connectivity index (χ2n) is 7.08. The molecule has 7 heteroatoms. The second-order valence-corrected chi connectivity index (χ2v) is 7.08. The summed E-state index contributed by atoms with van der Waals surface area (Å²) in [5.74, 6) is -0.144. The molecular weight excluding hydrogens is 360 g/mol. The maximum absolute atomic E-state index is 11.8. The molecule has 150 valence electrons. The fourth-order valence-electron chi connectivity index (χ4n) is 2.20. The van der Waals surface area contributed by atoms with Crippen LogP contribution in [0, 0.1) is 0 Å². The van der Waals surface area contributed by atoms with Crippen molar-refractivity contribution in [3.63, 3.8) is 0 Å². The van der Waals surface area contributed by atoms with Gasteiger partial charge >= 0.3 is 12.1 Å². The van der Waals surface area contributed by atoms with E-state index in [1.807, 2.05) is 36.4 Å². The maximum Gasteiger partial charge on any atom is 0.407 e. The van der Waals surface area contributed by atoms with E-state index >= 15 is 0 Å². The molecule has 1 aromatic carbocycles. The number of esters is 1. The van der Waals surface area contributed by atoms with Crippen LogP contribution in [-0.2, 0) is 27.3 Å². The number of aromatic nitrogens is 1. The molecule has 0 unspecified atom stereocenters. The van der Waals surface area contributed by atoms with Crippen LogP contribution in [0.4, 0.5) is 4.79 Å². The van der Waals surface area contributed by atoms with E-state index in [0.29, 0.717) is 18.8 Å². The lowest BCUT2D eigenvalue weighted by Crippen LogP contribution is -2.33. The summed E-state index contributed by atoms with van der Waals surface area (Å²) in [7, 11) is 0. The van der Waals surface area contributed by atoms with Crippen molar-refractivity contribution in [1.29, 1.82) is 0 Å². The van der Waals surface area contributed by atoms with Gasteiger partial charge in [0.15, 0.2) is 6.61 Å². The second kappa shape index (κ2) is 10.3. The number of alkyl carbamates (subject to hydrolysis) is 1. The van der Waals surface area contributed by atoms with Gasteiger partial charge < -0.3 is 19.5 Å². The molecule has 28 heavy (non-hydrogen) atoms. The predicted molar refractivity (Wildman–Crippen MR) is 104 cm³/mol. The summed E-state index contributed by atoms with van der Waals surface area (Å²) in [4.78, 5) is 27.7. The number of nitrogens with one attached hydrogen (secondary N) is 1. The molecule has 1 N–H and O–H groups in total. The van der Waals surface area contributed by atoms with E-state index < -0.39 is 17.7 Å². The van der Waals surface area contributed by atoms with E-state index in [1.165, 1.54) is 0 Å². The lowest BCUT2D eigenvalue weighted by Gasteiger charge is -2.19. The Morgan fingerprint density at radius 3 is 2.50 bits per heavy atom. The van der Waals surface area contributed by atoms with Crippen LogP contribution in [-0.4, -0.2) is 35.8 Å². The molecular formula is C21H26N2O5. The average molecular weight is 386 g/mol. The monoisotopic (exact) mass is 386 g/mol. The molecule has 0 aliphatic heterocycles. The summed E-state index contributed by atoms with van der Waals surface area (Å²) >= 11 is 0. The summed E-state index contributed by atoms with van der Waals surface area (Å²) in [6.07, 6.45) is 0.0376. The number of hydrogen-bond acceptors (Lipinski definition) is 6. The van der Waals surface area contributed by atoms with Gasteiger partial charge in [-0.1, -0.05) is 36.4 Å². The molecule has 2 aromatic rings. The Bertz CT molecular complexity index is 772.